The van der Waals surface area contributed by atoms with Gasteiger partial charge in [-0.15, -0.1) is 0 Å². The maximum Gasteiger partial charge on any atom is 0.250 e. The number of hydrogen-bond donors (Lipinski definition) is 2. The molecule has 0 aliphatic heterocycles. The molecule has 0 saturated carbocycles. The van der Waals surface area contributed by atoms with Gasteiger partial charge in [0.15, 0.2) is 5.16 Å². The number of benzene rings is 3. The minimum atomic E-state index is -0.243. The fraction of sp³-hybridized carbons (Fsp3) is 0.0952. The Balaban J connectivity index is 1.42. The number of phenolic OH excluding ortho intramolecular Hbond substituents is 1. The predicted octanol–water partition coefficient (Wildman–Crippen LogP) is 3.67. The molecule has 1 aromatic heterocycles. The highest BCUT2D eigenvalue weighted by atomic mass is 32.2. The normalized spacial score (nSPS) is 11.5. The molecule has 0 spiro atoms. The van der Waals surface area contributed by atoms with Crippen LogP contribution in [0.5, 0.6) is 5.75 Å². The van der Waals surface area contributed by atoms with Gasteiger partial charge in [-0.3, -0.25) is 4.79 Å². The van der Waals surface area contributed by atoms with Crippen molar-refractivity contribution in [2.75, 3.05) is 5.75 Å². The van der Waals surface area contributed by atoms with E-state index >= 15 is 0 Å². The van der Waals surface area contributed by atoms with E-state index in [0.29, 0.717) is 5.56 Å². The van der Waals surface area contributed by atoms with Gasteiger partial charge in [0.25, 0.3) is 5.91 Å². The number of amides is 1. The summed E-state index contributed by atoms with van der Waals surface area (Å²) in [7, 11) is 1.93. The Hall–Kier alpha value is -3.32. The molecular formula is C21H18N4O2S. The first kappa shape index (κ1) is 18.1. The zero-order chi connectivity index (χ0) is 19.5. The topological polar surface area (TPSA) is 79.5 Å². The lowest BCUT2D eigenvalue weighted by atomic mass is 10.0. The number of carbonyl (C=O) groups is 1. The van der Waals surface area contributed by atoms with Crippen LogP contribution >= 0.6 is 11.8 Å². The Labute approximate surface area is 165 Å². The maximum atomic E-state index is 12.1. The van der Waals surface area contributed by atoms with Crippen molar-refractivity contribution in [2.24, 2.45) is 12.1 Å². The van der Waals surface area contributed by atoms with Crippen molar-refractivity contribution in [3.05, 3.63) is 66.2 Å². The second-order valence-corrected chi connectivity index (χ2v) is 7.19. The highest BCUT2D eigenvalue weighted by Crippen LogP contribution is 2.25. The van der Waals surface area contributed by atoms with E-state index in [1.165, 1.54) is 18.0 Å². The summed E-state index contributed by atoms with van der Waals surface area (Å²) in [6.07, 6.45) is 1.47. The van der Waals surface area contributed by atoms with Gasteiger partial charge in [0.1, 0.15) is 5.75 Å². The molecule has 0 unspecified atom stereocenters. The summed E-state index contributed by atoms with van der Waals surface area (Å²) in [5, 5.41) is 16.7. The summed E-state index contributed by atoms with van der Waals surface area (Å²) in [5.74, 6) is 0.0644. The molecule has 1 heterocycles. The lowest BCUT2D eigenvalue weighted by Gasteiger charge is -2.05. The minimum Gasteiger partial charge on any atom is -0.507 e. The molecule has 28 heavy (non-hydrogen) atoms. The number of hydrogen-bond acceptors (Lipinski definition) is 5. The molecule has 3 aromatic carbocycles. The summed E-state index contributed by atoms with van der Waals surface area (Å²) in [6, 6.07) is 19.0. The standard InChI is InChI=1S/C21H18N4O2S/c1-25-18-9-5-4-8-17(18)23-21(25)28-13-20(27)24-22-12-16-15-7-3-2-6-14(15)10-11-19(16)26/h2-12,26H,13H2,1H3,(H,24,27)/b22-12+. The number of phenols is 1. The Morgan fingerprint density at radius 1 is 1.18 bits per heavy atom. The smallest absolute Gasteiger partial charge is 0.250 e. The van der Waals surface area contributed by atoms with E-state index in [1.807, 2.05) is 66.2 Å². The van der Waals surface area contributed by atoms with Crippen molar-refractivity contribution in [3.8, 4) is 5.75 Å². The van der Waals surface area contributed by atoms with E-state index in [9.17, 15) is 9.90 Å². The summed E-state index contributed by atoms with van der Waals surface area (Å²) in [6.45, 7) is 0. The van der Waals surface area contributed by atoms with Crippen LogP contribution in [0.4, 0.5) is 0 Å². The summed E-state index contributed by atoms with van der Waals surface area (Å²) in [4.78, 5) is 16.7. The number of rotatable bonds is 5. The third-order valence-electron chi connectivity index (χ3n) is 4.41. The lowest BCUT2D eigenvalue weighted by molar-refractivity contribution is -0.118. The summed E-state index contributed by atoms with van der Waals surface area (Å²) in [5.41, 5.74) is 5.00. The summed E-state index contributed by atoms with van der Waals surface area (Å²) >= 11 is 1.35. The molecular weight excluding hydrogens is 372 g/mol. The van der Waals surface area contributed by atoms with Crippen LogP contribution in [0, 0.1) is 0 Å². The van der Waals surface area contributed by atoms with E-state index in [1.54, 1.807) is 6.07 Å². The van der Waals surface area contributed by atoms with Crippen LogP contribution in [0.2, 0.25) is 0 Å². The molecule has 2 N–H and O–H groups in total. The molecule has 0 bridgehead atoms. The van der Waals surface area contributed by atoms with E-state index in [-0.39, 0.29) is 17.4 Å². The number of aromatic hydroxyl groups is 1. The number of imidazole rings is 1. The number of hydrazone groups is 1. The number of thioether (sulfide) groups is 1. The molecule has 0 fully saturated rings. The van der Waals surface area contributed by atoms with Gasteiger partial charge in [0.05, 0.1) is 23.0 Å². The third kappa shape index (κ3) is 3.57. The number of fused-ring (bicyclic) bond motifs is 2. The van der Waals surface area contributed by atoms with Crippen LogP contribution in [0.3, 0.4) is 0 Å². The van der Waals surface area contributed by atoms with Crippen molar-refractivity contribution >= 4 is 45.7 Å². The number of nitrogens with zero attached hydrogens (tertiary/aromatic N) is 3. The maximum absolute atomic E-state index is 12.1. The van der Waals surface area contributed by atoms with Crippen LogP contribution in [-0.2, 0) is 11.8 Å². The van der Waals surface area contributed by atoms with E-state index in [4.69, 9.17) is 0 Å². The quantitative estimate of drug-likeness (QED) is 0.310. The van der Waals surface area contributed by atoms with Crippen molar-refractivity contribution in [1.29, 1.82) is 0 Å². The molecule has 6 nitrogen and oxygen atoms in total. The predicted molar refractivity (Wildman–Crippen MR) is 113 cm³/mol. The molecule has 1 amide bonds. The molecule has 0 aliphatic carbocycles. The van der Waals surface area contributed by atoms with Gasteiger partial charge >= 0.3 is 0 Å². The first-order chi connectivity index (χ1) is 13.6. The van der Waals surface area contributed by atoms with Crippen molar-refractivity contribution in [1.82, 2.24) is 15.0 Å². The highest BCUT2D eigenvalue weighted by molar-refractivity contribution is 7.99. The number of aryl methyl sites for hydroxylation is 1. The molecule has 7 heteroatoms. The van der Waals surface area contributed by atoms with Crippen LogP contribution in [0.25, 0.3) is 21.8 Å². The van der Waals surface area contributed by atoms with Crippen molar-refractivity contribution in [3.63, 3.8) is 0 Å². The van der Waals surface area contributed by atoms with Crippen LogP contribution in [-0.4, -0.2) is 32.5 Å². The van der Waals surface area contributed by atoms with Gasteiger partial charge in [0.2, 0.25) is 0 Å². The van der Waals surface area contributed by atoms with Gasteiger partial charge in [-0.25, -0.2) is 10.4 Å². The molecule has 0 radical (unpaired) electrons. The Kier molecular flexibility index (Phi) is 4.99. The monoisotopic (exact) mass is 390 g/mol. The van der Waals surface area contributed by atoms with Crippen LogP contribution in [0.15, 0.2) is 70.9 Å². The molecule has 4 aromatic rings. The van der Waals surface area contributed by atoms with Crippen LogP contribution < -0.4 is 5.43 Å². The van der Waals surface area contributed by atoms with Gasteiger partial charge in [-0.2, -0.15) is 5.10 Å². The van der Waals surface area contributed by atoms with Gasteiger partial charge in [-0.05, 0) is 29.0 Å². The second kappa shape index (κ2) is 7.74. The SMILES string of the molecule is Cn1c(SCC(=O)N/N=C/c2c(O)ccc3ccccc23)nc2ccccc21. The van der Waals surface area contributed by atoms with E-state index < -0.39 is 0 Å². The fourth-order valence-electron chi connectivity index (χ4n) is 3.00. The van der Waals surface area contributed by atoms with Gasteiger partial charge in [-0.1, -0.05) is 54.2 Å². The molecule has 0 aliphatic rings. The zero-order valence-electron chi connectivity index (χ0n) is 15.2. The molecule has 4 rings (SSSR count). The van der Waals surface area contributed by atoms with Gasteiger partial charge < -0.3 is 9.67 Å². The number of carbonyl (C=O) groups excluding carboxylic acids is 1. The Bertz CT molecular complexity index is 1200. The first-order valence-electron chi connectivity index (χ1n) is 8.70. The first-order valence-corrected chi connectivity index (χ1v) is 9.69. The van der Waals surface area contributed by atoms with Crippen molar-refractivity contribution < 1.29 is 9.90 Å². The molecule has 0 saturated heterocycles. The average molecular weight is 390 g/mol. The van der Waals surface area contributed by atoms with Gasteiger partial charge in [0, 0.05) is 12.6 Å². The Morgan fingerprint density at radius 3 is 2.82 bits per heavy atom. The number of para-hydroxylation sites is 2. The number of aromatic nitrogens is 2. The highest BCUT2D eigenvalue weighted by Gasteiger charge is 2.10. The lowest BCUT2D eigenvalue weighted by Crippen LogP contribution is -2.19. The largest absolute Gasteiger partial charge is 0.507 e. The molecule has 0 atom stereocenters. The fourth-order valence-corrected chi connectivity index (χ4v) is 3.78. The molecule has 140 valence electrons. The second-order valence-electron chi connectivity index (χ2n) is 6.24. The summed E-state index contributed by atoms with van der Waals surface area (Å²) < 4.78 is 1.96. The van der Waals surface area contributed by atoms with Crippen LogP contribution in [0.1, 0.15) is 5.56 Å². The van der Waals surface area contributed by atoms with E-state index in [0.717, 1.165) is 27.0 Å². The van der Waals surface area contributed by atoms with Crippen molar-refractivity contribution in [2.45, 2.75) is 5.16 Å². The van der Waals surface area contributed by atoms with E-state index in [2.05, 4.69) is 15.5 Å². The zero-order valence-corrected chi connectivity index (χ0v) is 16.0. The number of nitrogens with one attached hydrogen (secondary N) is 1. The minimum absolute atomic E-state index is 0.116. The Morgan fingerprint density at radius 2 is 1.96 bits per heavy atom. The third-order valence-corrected chi connectivity index (χ3v) is 5.44. The average Bonchev–Trinajstić information content (AvgIpc) is 3.04.